The summed E-state index contributed by atoms with van der Waals surface area (Å²) in [7, 11) is 0. The minimum atomic E-state index is 0.827. The molecule has 1 aliphatic heterocycles. The number of benzene rings is 1. The minimum absolute atomic E-state index is 0.827. The molecule has 2 aromatic rings. The lowest BCUT2D eigenvalue weighted by Gasteiger charge is -2.36. The number of nitrogen functional groups attached to an aromatic ring is 1. The van der Waals surface area contributed by atoms with Crippen molar-refractivity contribution < 1.29 is 0 Å². The van der Waals surface area contributed by atoms with Gasteiger partial charge in [-0.1, -0.05) is 6.07 Å². The highest BCUT2D eigenvalue weighted by Crippen LogP contribution is 2.18. The van der Waals surface area contributed by atoms with Gasteiger partial charge in [-0.25, -0.2) is 0 Å². The molecule has 0 bridgehead atoms. The molecule has 3 rings (SSSR count). The Kier molecular flexibility index (Phi) is 4.36. The molecule has 4 heteroatoms. The van der Waals surface area contributed by atoms with Gasteiger partial charge in [-0.2, -0.15) is 0 Å². The van der Waals surface area contributed by atoms with Crippen molar-refractivity contribution in [1.82, 2.24) is 9.88 Å². The lowest BCUT2D eigenvalue weighted by atomic mass is 10.2. The summed E-state index contributed by atoms with van der Waals surface area (Å²) < 4.78 is 0. The smallest absolute Gasteiger partial charge is 0.0416 e. The third kappa shape index (κ3) is 3.73. The first-order chi connectivity index (χ1) is 10.3. The molecular formula is C17H22N4. The van der Waals surface area contributed by atoms with E-state index >= 15 is 0 Å². The van der Waals surface area contributed by atoms with Crippen molar-refractivity contribution in [2.45, 2.75) is 6.42 Å². The van der Waals surface area contributed by atoms with Crippen LogP contribution in [0.3, 0.4) is 0 Å². The van der Waals surface area contributed by atoms with E-state index in [0.717, 1.165) is 44.8 Å². The maximum atomic E-state index is 5.74. The Labute approximate surface area is 126 Å². The molecule has 4 nitrogen and oxygen atoms in total. The van der Waals surface area contributed by atoms with Crippen molar-refractivity contribution in [3.05, 3.63) is 54.4 Å². The number of hydrogen-bond acceptors (Lipinski definition) is 4. The Morgan fingerprint density at radius 1 is 0.952 bits per heavy atom. The monoisotopic (exact) mass is 282 g/mol. The molecule has 0 saturated carbocycles. The number of rotatable bonds is 4. The molecule has 1 saturated heterocycles. The lowest BCUT2D eigenvalue weighted by Crippen LogP contribution is -2.47. The molecule has 0 spiro atoms. The van der Waals surface area contributed by atoms with Crippen LogP contribution in [0.2, 0.25) is 0 Å². The van der Waals surface area contributed by atoms with E-state index in [0.29, 0.717) is 0 Å². The summed E-state index contributed by atoms with van der Waals surface area (Å²) in [5.74, 6) is 0. The Bertz CT molecular complexity index is 545. The van der Waals surface area contributed by atoms with Gasteiger partial charge in [0.1, 0.15) is 0 Å². The Morgan fingerprint density at radius 3 is 2.38 bits per heavy atom. The Morgan fingerprint density at radius 2 is 1.71 bits per heavy atom. The Balaban J connectivity index is 1.48. The summed E-state index contributed by atoms with van der Waals surface area (Å²) in [6, 6.07) is 14.3. The summed E-state index contributed by atoms with van der Waals surface area (Å²) in [6.07, 6.45) is 2.90. The molecule has 1 aromatic carbocycles. The predicted octanol–water partition coefficient (Wildman–Crippen LogP) is 2.03. The van der Waals surface area contributed by atoms with Gasteiger partial charge in [0.15, 0.2) is 0 Å². The first kappa shape index (κ1) is 13.9. The van der Waals surface area contributed by atoms with Gasteiger partial charge in [0.25, 0.3) is 0 Å². The standard InChI is InChI=1S/C17H22N4/c18-15-4-6-17(7-5-15)21-13-11-20(12-14-21)10-8-16-3-1-2-9-19-16/h1-7,9H,8,10-14,18H2. The van der Waals surface area contributed by atoms with Crippen molar-refractivity contribution in [1.29, 1.82) is 0 Å². The number of nitrogens with two attached hydrogens (primary N) is 1. The van der Waals surface area contributed by atoms with Gasteiger partial charge in [-0.15, -0.1) is 0 Å². The van der Waals surface area contributed by atoms with E-state index in [9.17, 15) is 0 Å². The van der Waals surface area contributed by atoms with Crippen molar-refractivity contribution in [2.75, 3.05) is 43.4 Å². The molecule has 0 radical (unpaired) electrons. The second-order valence-corrected chi connectivity index (χ2v) is 5.49. The van der Waals surface area contributed by atoms with E-state index in [-0.39, 0.29) is 0 Å². The fourth-order valence-corrected chi connectivity index (χ4v) is 2.73. The third-order valence-electron chi connectivity index (χ3n) is 4.04. The van der Waals surface area contributed by atoms with Gasteiger partial charge < -0.3 is 10.6 Å². The highest BCUT2D eigenvalue weighted by Gasteiger charge is 2.16. The van der Waals surface area contributed by atoms with Crippen molar-refractivity contribution in [3.63, 3.8) is 0 Å². The molecule has 0 atom stereocenters. The zero-order chi connectivity index (χ0) is 14.5. The molecule has 21 heavy (non-hydrogen) atoms. The quantitative estimate of drug-likeness (QED) is 0.872. The van der Waals surface area contributed by atoms with Crippen LogP contribution in [-0.2, 0) is 6.42 Å². The van der Waals surface area contributed by atoms with Crippen LogP contribution in [-0.4, -0.2) is 42.6 Å². The molecule has 2 N–H and O–H groups in total. The van der Waals surface area contributed by atoms with Crippen molar-refractivity contribution in [2.24, 2.45) is 0 Å². The molecular weight excluding hydrogens is 260 g/mol. The van der Waals surface area contributed by atoms with Gasteiger partial charge in [0.05, 0.1) is 0 Å². The maximum absolute atomic E-state index is 5.74. The summed E-state index contributed by atoms with van der Waals surface area (Å²) >= 11 is 0. The molecule has 110 valence electrons. The van der Waals surface area contributed by atoms with Crippen LogP contribution < -0.4 is 10.6 Å². The first-order valence-corrected chi connectivity index (χ1v) is 7.54. The van der Waals surface area contributed by atoms with E-state index in [4.69, 9.17) is 5.73 Å². The molecule has 0 unspecified atom stereocenters. The highest BCUT2D eigenvalue weighted by atomic mass is 15.3. The summed E-state index contributed by atoms with van der Waals surface area (Å²) in [6.45, 7) is 5.46. The van der Waals surface area contributed by atoms with Crippen LogP contribution in [0.5, 0.6) is 0 Å². The number of piperazine rings is 1. The second-order valence-electron chi connectivity index (χ2n) is 5.49. The molecule has 1 fully saturated rings. The highest BCUT2D eigenvalue weighted by molar-refractivity contribution is 5.53. The summed E-state index contributed by atoms with van der Waals surface area (Å²) in [4.78, 5) is 9.33. The lowest BCUT2D eigenvalue weighted by molar-refractivity contribution is 0.260. The predicted molar refractivity (Wildman–Crippen MR) is 87.4 cm³/mol. The fraction of sp³-hybridized carbons (Fsp3) is 0.353. The maximum Gasteiger partial charge on any atom is 0.0416 e. The topological polar surface area (TPSA) is 45.4 Å². The van der Waals surface area contributed by atoms with Crippen molar-refractivity contribution in [3.8, 4) is 0 Å². The van der Waals surface area contributed by atoms with Crippen LogP contribution in [0.25, 0.3) is 0 Å². The zero-order valence-corrected chi connectivity index (χ0v) is 12.3. The van der Waals surface area contributed by atoms with Crippen LogP contribution in [0.1, 0.15) is 5.69 Å². The SMILES string of the molecule is Nc1ccc(N2CCN(CCc3ccccn3)CC2)cc1. The first-order valence-electron chi connectivity index (χ1n) is 7.54. The summed E-state index contributed by atoms with van der Waals surface area (Å²) in [5, 5.41) is 0. The normalized spacial score (nSPS) is 16.1. The molecule has 0 aliphatic carbocycles. The fourth-order valence-electron chi connectivity index (χ4n) is 2.73. The van der Waals surface area contributed by atoms with Crippen LogP contribution in [0.15, 0.2) is 48.7 Å². The van der Waals surface area contributed by atoms with Gasteiger partial charge in [-0.05, 0) is 36.4 Å². The van der Waals surface area contributed by atoms with Crippen LogP contribution in [0, 0.1) is 0 Å². The van der Waals surface area contributed by atoms with Gasteiger partial charge >= 0.3 is 0 Å². The largest absolute Gasteiger partial charge is 0.399 e. The van der Waals surface area contributed by atoms with Gasteiger partial charge in [0.2, 0.25) is 0 Å². The number of hydrogen-bond donors (Lipinski definition) is 1. The van der Waals surface area contributed by atoms with Gasteiger partial charge in [0, 0.05) is 62.4 Å². The molecule has 0 amide bonds. The minimum Gasteiger partial charge on any atom is -0.399 e. The molecule has 2 heterocycles. The van der Waals surface area contributed by atoms with E-state index in [2.05, 4.69) is 39.0 Å². The molecule has 1 aliphatic rings. The average molecular weight is 282 g/mol. The average Bonchev–Trinajstić information content (AvgIpc) is 2.55. The van der Waals surface area contributed by atoms with E-state index < -0.39 is 0 Å². The van der Waals surface area contributed by atoms with E-state index in [1.54, 1.807) is 0 Å². The van der Waals surface area contributed by atoms with Gasteiger partial charge in [-0.3, -0.25) is 9.88 Å². The number of nitrogens with zero attached hydrogens (tertiary/aromatic N) is 3. The second kappa shape index (κ2) is 6.59. The van der Waals surface area contributed by atoms with E-state index in [1.807, 2.05) is 24.4 Å². The molecule has 1 aromatic heterocycles. The van der Waals surface area contributed by atoms with Crippen LogP contribution in [0.4, 0.5) is 11.4 Å². The van der Waals surface area contributed by atoms with E-state index in [1.165, 1.54) is 11.4 Å². The van der Waals surface area contributed by atoms with Crippen LogP contribution >= 0.6 is 0 Å². The summed E-state index contributed by atoms with van der Waals surface area (Å²) in [5.41, 5.74) is 9.02. The number of aromatic nitrogens is 1. The van der Waals surface area contributed by atoms with Crippen molar-refractivity contribution >= 4 is 11.4 Å². The number of pyridine rings is 1. The zero-order valence-electron chi connectivity index (χ0n) is 12.3. The third-order valence-corrected chi connectivity index (χ3v) is 4.04. The number of anilines is 2. The Hall–Kier alpha value is -2.07.